The largest absolute Gasteiger partial charge is 0.289 e. The molecule has 0 radical (unpaired) electrons. The van der Waals surface area contributed by atoms with Gasteiger partial charge in [0.15, 0.2) is 5.78 Å². The summed E-state index contributed by atoms with van der Waals surface area (Å²) in [5.41, 5.74) is 1.90. The first kappa shape index (κ1) is 17.8. The number of nitrogens with zero attached hydrogens (tertiary/aromatic N) is 1. The predicted molar refractivity (Wildman–Crippen MR) is 98.9 cm³/mol. The van der Waals surface area contributed by atoms with E-state index in [2.05, 4.69) is 0 Å². The van der Waals surface area contributed by atoms with Gasteiger partial charge in [0.05, 0.1) is 10.6 Å². The van der Waals surface area contributed by atoms with Gasteiger partial charge in [-0.25, -0.2) is 0 Å². The normalized spacial score (nSPS) is 11.2. The summed E-state index contributed by atoms with van der Waals surface area (Å²) >= 11 is 0. The first-order valence-corrected chi connectivity index (χ1v) is 9.34. The molecule has 0 amide bonds. The van der Waals surface area contributed by atoms with Crippen LogP contribution < -0.4 is 4.47 Å². The number of benzene rings is 3. The number of hydrogen-bond donors (Lipinski definition) is 1. The van der Waals surface area contributed by atoms with E-state index in [0.29, 0.717) is 11.1 Å². The van der Waals surface area contributed by atoms with Crippen molar-refractivity contribution in [3.05, 3.63) is 95.6 Å². The molecule has 0 fully saturated rings. The molecule has 3 aromatic rings. The molecule has 0 aliphatic rings. The molecule has 0 saturated heterocycles. The second kappa shape index (κ2) is 7.11. The molecule has 132 valence electrons. The molecule has 0 heterocycles. The highest BCUT2D eigenvalue weighted by Gasteiger charge is 2.23. The van der Waals surface area contributed by atoms with Crippen LogP contribution in [-0.2, 0) is 10.0 Å². The molecule has 6 heteroatoms. The summed E-state index contributed by atoms with van der Waals surface area (Å²) in [6, 6.07) is 20.7. The van der Waals surface area contributed by atoms with Crippen LogP contribution in [0.25, 0.3) is 0 Å². The summed E-state index contributed by atoms with van der Waals surface area (Å²) in [7, 11) is -4.09. The molecule has 0 aromatic heterocycles. The minimum atomic E-state index is -4.09. The Labute approximate surface area is 152 Å². The number of rotatable bonds is 5. The van der Waals surface area contributed by atoms with Crippen molar-refractivity contribution in [2.24, 2.45) is 0 Å². The number of aryl methyl sites for hydroxylation is 1. The van der Waals surface area contributed by atoms with Crippen LogP contribution in [0.1, 0.15) is 21.5 Å². The number of anilines is 1. The Morgan fingerprint density at radius 2 is 1.35 bits per heavy atom. The zero-order chi connectivity index (χ0) is 18.7. The fourth-order valence-electron chi connectivity index (χ4n) is 2.45. The third-order valence-electron chi connectivity index (χ3n) is 3.93. The van der Waals surface area contributed by atoms with Crippen molar-refractivity contribution in [1.29, 1.82) is 0 Å². The van der Waals surface area contributed by atoms with E-state index in [1.165, 1.54) is 36.4 Å². The van der Waals surface area contributed by atoms with Gasteiger partial charge in [-0.2, -0.15) is 8.42 Å². The molecule has 0 saturated carbocycles. The minimum Gasteiger partial charge on any atom is -0.289 e. The lowest BCUT2D eigenvalue weighted by atomic mass is 10.0. The van der Waals surface area contributed by atoms with Gasteiger partial charge in [0.2, 0.25) is 0 Å². The molecule has 0 unspecified atom stereocenters. The molecule has 5 nitrogen and oxygen atoms in total. The summed E-state index contributed by atoms with van der Waals surface area (Å²) in [6.45, 7) is 1.84. The zero-order valence-electron chi connectivity index (χ0n) is 14.0. The summed E-state index contributed by atoms with van der Waals surface area (Å²) < 4.78 is 25.2. The van der Waals surface area contributed by atoms with Crippen molar-refractivity contribution in [3.8, 4) is 0 Å². The monoisotopic (exact) mass is 367 g/mol. The first-order valence-electron chi connectivity index (χ1n) is 7.90. The van der Waals surface area contributed by atoms with E-state index < -0.39 is 10.0 Å². The molecule has 0 aliphatic heterocycles. The van der Waals surface area contributed by atoms with Crippen LogP contribution in [-0.4, -0.2) is 19.4 Å². The van der Waals surface area contributed by atoms with Gasteiger partial charge in [-0.1, -0.05) is 48.0 Å². The summed E-state index contributed by atoms with van der Waals surface area (Å²) in [5, 5.41) is 10.2. The van der Waals surface area contributed by atoms with E-state index in [4.69, 9.17) is 0 Å². The molecule has 0 aliphatic carbocycles. The fourth-order valence-corrected chi connectivity index (χ4v) is 3.52. The topological polar surface area (TPSA) is 74.7 Å². The van der Waals surface area contributed by atoms with E-state index in [9.17, 15) is 18.4 Å². The smallest absolute Gasteiger partial charge is 0.286 e. The van der Waals surface area contributed by atoms with E-state index in [-0.39, 0.29) is 20.8 Å². The van der Waals surface area contributed by atoms with Crippen molar-refractivity contribution in [3.63, 3.8) is 0 Å². The number of ketones is 1. The molecular weight excluding hydrogens is 350 g/mol. The number of carbonyl (C=O) groups excluding carboxylic acids is 1. The quantitative estimate of drug-likeness (QED) is 0.550. The van der Waals surface area contributed by atoms with Crippen molar-refractivity contribution in [2.45, 2.75) is 11.8 Å². The average molecular weight is 367 g/mol. The molecule has 0 bridgehead atoms. The average Bonchev–Trinajstić information content (AvgIpc) is 2.68. The summed E-state index contributed by atoms with van der Waals surface area (Å²) in [6.07, 6.45) is 0. The van der Waals surface area contributed by atoms with Gasteiger partial charge in [-0.15, -0.1) is 4.47 Å². The zero-order valence-corrected chi connectivity index (χ0v) is 14.8. The highest BCUT2D eigenvalue weighted by Crippen LogP contribution is 2.23. The maximum absolute atomic E-state index is 12.5. The lowest BCUT2D eigenvalue weighted by molar-refractivity contribution is 0.103. The number of carbonyl (C=O) groups is 1. The van der Waals surface area contributed by atoms with Crippen LogP contribution >= 0.6 is 0 Å². The lowest BCUT2D eigenvalue weighted by Crippen LogP contribution is -2.27. The Morgan fingerprint density at radius 3 is 1.92 bits per heavy atom. The second-order valence-corrected chi connectivity index (χ2v) is 7.57. The van der Waals surface area contributed by atoms with E-state index in [1.54, 1.807) is 36.4 Å². The highest BCUT2D eigenvalue weighted by molar-refractivity contribution is 7.92. The maximum Gasteiger partial charge on any atom is 0.286 e. The molecule has 1 N–H and O–H groups in total. The van der Waals surface area contributed by atoms with Crippen LogP contribution in [0.5, 0.6) is 0 Å². The minimum absolute atomic E-state index is 0.0185. The highest BCUT2D eigenvalue weighted by atomic mass is 32.2. The van der Waals surface area contributed by atoms with E-state index >= 15 is 0 Å². The van der Waals surface area contributed by atoms with Crippen LogP contribution in [0.3, 0.4) is 0 Å². The van der Waals surface area contributed by atoms with Gasteiger partial charge >= 0.3 is 0 Å². The van der Waals surface area contributed by atoms with Gasteiger partial charge in [-0.3, -0.25) is 10.0 Å². The molecule has 3 aromatic carbocycles. The predicted octanol–water partition coefficient (Wildman–Crippen LogP) is 3.81. The summed E-state index contributed by atoms with van der Waals surface area (Å²) in [4.78, 5) is 12.4. The Balaban J connectivity index is 1.86. The molecular formula is C20H17NO4S. The Kier molecular flexibility index (Phi) is 4.88. The van der Waals surface area contributed by atoms with Crippen molar-refractivity contribution >= 4 is 21.5 Å². The summed E-state index contributed by atoms with van der Waals surface area (Å²) in [5.74, 6) is -0.178. The molecule has 26 heavy (non-hydrogen) atoms. The molecule has 3 rings (SSSR count). The standard InChI is InChI=1S/C20H17NO4S/c1-15-7-13-19(14-8-15)26(24,25)21(23)18-11-9-17(10-12-18)20(22)16-5-3-2-4-6-16/h2-14,23H,1H3. The van der Waals surface area contributed by atoms with E-state index in [1.807, 2.05) is 13.0 Å². The molecule has 0 spiro atoms. The Hall–Kier alpha value is -2.96. The van der Waals surface area contributed by atoms with Gasteiger partial charge in [0.1, 0.15) is 0 Å². The lowest BCUT2D eigenvalue weighted by Gasteiger charge is -2.17. The van der Waals surface area contributed by atoms with Crippen molar-refractivity contribution in [2.75, 3.05) is 4.47 Å². The Bertz CT molecular complexity index is 1010. The SMILES string of the molecule is Cc1ccc(S(=O)(=O)N(O)c2ccc(C(=O)c3ccccc3)cc2)cc1. The van der Waals surface area contributed by atoms with E-state index in [0.717, 1.165) is 5.56 Å². The third-order valence-corrected chi connectivity index (χ3v) is 5.47. The second-order valence-electron chi connectivity index (χ2n) is 5.80. The van der Waals surface area contributed by atoms with Crippen LogP contribution in [0.15, 0.2) is 83.8 Å². The van der Waals surface area contributed by atoms with Gasteiger partial charge in [0.25, 0.3) is 10.0 Å². The number of hydrogen-bond acceptors (Lipinski definition) is 4. The van der Waals surface area contributed by atoms with Crippen LogP contribution in [0, 0.1) is 6.92 Å². The van der Waals surface area contributed by atoms with Crippen LogP contribution in [0.4, 0.5) is 5.69 Å². The van der Waals surface area contributed by atoms with Gasteiger partial charge < -0.3 is 0 Å². The Morgan fingerprint density at radius 1 is 0.808 bits per heavy atom. The molecule has 0 atom stereocenters. The van der Waals surface area contributed by atoms with Crippen molar-refractivity contribution < 1.29 is 18.4 Å². The first-order chi connectivity index (χ1) is 12.4. The van der Waals surface area contributed by atoms with Gasteiger partial charge in [-0.05, 0) is 43.3 Å². The maximum atomic E-state index is 12.5. The fraction of sp³-hybridized carbons (Fsp3) is 0.0500. The third kappa shape index (κ3) is 3.51. The van der Waals surface area contributed by atoms with Crippen LogP contribution in [0.2, 0.25) is 0 Å². The van der Waals surface area contributed by atoms with Crippen molar-refractivity contribution in [1.82, 2.24) is 0 Å². The number of sulfonamides is 1. The van der Waals surface area contributed by atoms with Gasteiger partial charge in [0, 0.05) is 11.1 Å².